The Morgan fingerprint density at radius 1 is 1.03 bits per heavy atom. The summed E-state index contributed by atoms with van der Waals surface area (Å²) in [6.45, 7) is 11.4. The van der Waals surface area contributed by atoms with Gasteiger partial charge in [0.15, 0.2) is 9.76 Å². The summed E-state index contributed by atoms with van der Waals surface area (Å²) in [4.78, 5) is 11.0. The zero-order valence-corrected chi connectivity index (χ0v) is 23.0. The van der Waals surface area contributed by atoms with Crippen LogP contribution >= 0.6 is 0 Å². The Labute approximate surface area is 213 Å². The Kier molecular flexibility index (Phi) is 9.81. The van der Waals surface area contributed by atoms with Gasteiger partial charge in [-0.1, -0.05) is 100 Å². The normalized spacial score (nSPS) is 20.9. The largest absolute Gasteiger partial charge is 0.407 e. The van der Waals surface area contributed by atoms with Crippen molar-refractivity contribution in [3.05, 3.63) is 96.1 Å². The number of carbonyl (C=O) groups excluding carboxylic acids is 1. The quantitative estimate of drug-likeness (QED) is 0.210. The molecule has 0 saturated heterocycles. The number of ether oxygens (including phenoxy) is 2. The molecule has 2 aromatic rings. The monoisotopic (exact) mass is 492 g/mol. The van der Waals surface area contributed by atoms with Crippen LogP contribution in [0.3, 0.4) is 0 Å². The standard InChI is InChI=1S/C30H40O4Si/c1-23(13-12-18-28-27(32-5)20-19-26(33-28)21-22-31)30(34-35-29(2,3)4,24-14-8-6-9-15-24)25-16-10-7-11-17-25/h6-11,14-17,19-20,22,26-28H,1,12-13,18,21,35H2,2-5H3. The van der Waals surface area contributed by atoms with Crippen LogP contribution in [0.5, 0.6) is 0 Å². The van der Waals surface area contributed by atoms with E-state index in [1.54, 1.807) is 7.11 Å². The molecule has 0 radical (unpaired) electrons. The number of carbonyl (C=O) groups is 1. The number of methoxy groups -OCH3 is 1. The third kappa shape index (κ3) is 7.11. The van der Waals surface area contributed by atoms with Crippen LogP contribution in [0.2, 0.25) is 5.04 Å². The van der Waals surface area contributed by atoms with E-state index in [-0.39, 0.29) is 23.4 Å². The molecule has 0 saturated carbocycles. The molecule has 0 N–H and O–H groups in total. The molecule has 1 aliphatic heterocycles. The third-order valence-corrected chi connectivity index (χ3v) is 7.82. The van der Waals surface area contributed by atoms with Gasteiger partial charge in [0.1, 0.15) is 18.0 Å². The lowest BCUT2D eigenvalue weighted by atomic mass is 9.78. The van der Waals surface area contributed by atoms with Crippen LogP contribution in [0.4, 0.5) is 0 Å². The SMILES string of the molecule is C=C(CCCC1OC(CC=O)C=CC1OC)C(O[SiH2]C(C)(C)C)(c1ccccc1)c1ccccc1. The first-order valence-electron chi connectivity index (χ1n) is 12.5. The maximum absolute atomic E-state index is 11.0. The van der Waals surface area contributed by atoms with Crippen LogP contribution in [0, 0.1) is 0 Å². The third-order valence-electron chi connectivity index (χ3n) is 6.38. The van der Waals surface area contributed by atoms with Gasteiger partial charge in [0.25, 0.3) is 0 Å². The summed E-state index contributed by atoms with van der Waals surface area (Å²) in [5.41, 5.74) is 2.60. The molecule has 1 aliphatic rings. The first-order chi connectivity index (χ1) is 16.8. The highest BCUT2D eigenvalue weighted by molar-refractivity contribution is 6.32. The number of aldehydes is 1. The molecule has 3 rings (SSSR count). The number of benzene rings is 2. The zero-order chi connectivity index (χ0) is 25.3. The molecule has 2 aromatic carbocycles. The molecular weight excluding hydrogens is 452 g/mol. The molecule has 4 nitrogen and oxygen atoms in total. The van der Waals surface area contributed by atoms with Gasteiger partial charge in [0.05, 0.1) is 12.2 Å². The summed E-state index contributed by atoms with van der Waals surface area (Å²) in [6.07, 6.45) is 7.34. The van der Waals surface area contributed by atoms with Crippen LogP contribution in [0.15, 0.2) is 85.0 Å². The van der Waals surface area contributed by atoms with E-state index in [9.17, 15) is 4.79 Å². The van der Waals surface area contributed by atoms with Crippen molar-refractivity contribution in [1.29, 1.82) is 0 Å². The van der Waals surface area contributed by atoms with E-state index in [1.807, 2.05) is 24.3 Å². The molecule has 1 heterocycles. The molecule has 0 aromatic heterocycles. The molecular formula is C30H40O4Si. The first kappa shape index (κ1) is 27.3. The van der Waals surface area contributed by atoms with E-state index < -0.39 is 15.4 Å². The zero-order valence-electron chi connectivity index (χ0n) is 21.6. The molecule has 5 heteroatoms. The van der Waals surface area contributed by atoms with Crippen LogP contribution < -0.4 is 0 Å². The molecule has 188 valence electrons. The maximum atomic E-state index is 11.0. The fourth-order valence-electron chi connectivity index (χ4n) is 4.60. The van der Waals surface area contributed by atoms with E-state index in [0.717, 1.165) is 42.2 Å². The molecule has 35 heavy (non-hydrogen) atoms. The predicted octanol–water partition coefficient (Wildman–Crippen LogP) is 5.90. The number of hydrogen-bond acceptors (Lipinski definition) is 4. The Hall–Kier alpha value is -2.31. The van der Waals surface area contributed by atoms with E-state index >= 15 is 0 Å². The summed E-state index contributed by atoms with van der Waals surface area (Å²) in [7, 11) is 0.799. The van der Waals surface area contributed by atoms with Crippen molar-refractivity contribution in [3.8, 4) is 0 Å². The lowest BCUT2D eigenvalue weighted by Crippen LogP contribution is -2.38. The van der Waals surface area contributed by atoms with Gasteiger partial charge in [0, 0.05) is 13.5 Å². The van der Waals surface area contributed by atoms with Gasteiger partial charge in [-0.25, -0.2) is 0 Å². The van der Waals surface area contributed by atoms with Crippen LogP contribution in [0.1, 0.15) is 57.6 Å². The summed E-state index contributed by atoms with van der Waals surface area (Å²) in [5.74, 6) is 0. The second-order valence-corrected chi connectivity index (χ2v) is 13.2. The Morgan fingerprint density at radius 3 is 2.14 bits per heavy atom. The number of rotatable bonds is 12. The average molecular weight is 493 g/mol. The van der Waals surface area contributed by atoms with E-state index in [0.29, 0.717) is 6.42 Å². The Morgan fingerprint density at radius 2 is 1.63 bits per heavy atom. The minimum Gasteiger partial charge on any atom is -0.407 e. The van der Waals surface area contributed by atoms with E-state index in [2.05, 4.69) is 75.9 Å². The highest BCUT2D eigenvalue weighted by atomic mass is 28.2. The van der Waals surface area contributed by atoms with Crippen LogP contribution in [0.25, 0.3) is 0 Å². The molecule has 0 spiro atoms. The topological polar surface area (TPSA) is 44.8 Å². The molecule has 3 unspecified atom stereocenters. The van der Waals surface area contributed by atoms with Crippen molar-refractivity contribution in [1.82, 2.24) is 0 Å². The van der Waals surface area contributed by atoms with E-state index in [1.165, 1.54) is 0 Å². The fourth-order valence-corrected chi connectivity index (χ4v) is 5.79. The van der Waals surface area contributed by atoms with Gasteiger partial charge in [-0.3, -0.25) is 0 Å². The van der Waals surface area contributed by atoms with Crippen molar-refractivity contribution in [2.75, 3.05) is 7.11 Å². The van der Waals surface area contributed by atoms with Crippen LogP contribution in [-0.2, 0) is 24.3 Å². The predicted molar refractivity (Wildman–Crippen MR) is 145 cm³/mol. The van der Waals surface area contributed by atoms with Crippen molar-refractivity contribution in [2.24, 2.45) is 0 Å². The molecule has 0 fully saturated rings. The van der Waals surface area contributed by atoms with Gasteiger partial charge in [-0.05, 0) is 41.0 Å². The summed E-state index contributed by atoms with van der Waals surface area (Å²) in [6, 6.07) is 21.0. The van der Waals surface area contributed by atoms with Gasteiger partial charge >= 0.3 is 0 Å². The Balaban J connectivity index is 1.85. The summed E-state index contributed by atoms with van der Waals surface area (Å²) >= 11 is 0. The smallest absolute Gasteiger partial charge is 0.169 e. The lowest BCUT2D eigenvalue weighted by molar-refractivity contribution is -0.114. The summed E-state index contributed by atoms with van der Waals surface area (Å²) < 4.78 is 18.8. The maximum Gasteiger partial charge on any atom is 0.169 e. The van der Waals surface area contributed by atoms with Gasteiger partial charge in [-0.15, -0.1) is 0 Å². The molecule has 0 aliphatic carbocycles. The second kappa shape index (κ2) is 12.6. The van der Waals surface area contributed by atoms with Crippen molar-refractivity contribution >= 4 is 16.0 Å². The number of hydrogen-bond donors (Lipinski definition) is 0. The van der Waals surface area contributed by atoms with Gasteiger partial charge < -0.3 is 18.7 Å². The summed E-state index contributed by atoms with van der Waals surface area (Å²) in [5, 5.41) is 0.136. The van der Waals surface area contributed by atoms with Crippen molar-refractivity contribution < 1.29 is 18.7 Å². The first-order valence-corrected chi connectivity index (χ1v) is 13.8. The molecule has 3 atom stereocenters. The highest BCUT2D eigenvalue weighted by Crippen LogP contribution is 2.43. The highest BCUT2D eigenvalue weighted by Gasteiger charge is 2.39. The second-order valence-electron chi connectivity index (χ2n) is 10.5. The molecule has 0 amide bonds. The minimum absolute atomic E-state index is 0.0875. The van der Waals surface area contributed by atoms with Crippen molar-refractivity contribution in [2.45, 2.75) is 75.4 Å². The average Bonchev–Trinajstić information content (AvgIpc) is 2.85. The lowest BCUT2D eigenvalue weighted by Gasteiger charge is -2.40. The molecule has 0 bridgehead atoms. The van der Waals surface area contributed by atoms with Crippen LogP contribution in [-0.4, -0.2) is 41.5 Å². The van der Waals surface area contributed by atoms with Gasteiger partial charge in [0.2, 0.25) is 0 Å². The fraction of sp³-hybridized carbons (Fsp3) is 0.433. The van der Waals surface area contributed by atoms with Gasteiger partial charge in [-0.2, -0.15) is 0 Å². The van der Waals surface area contributed by atoms with Crippen molar-refractivity contribution in [3.63, 3.8) is 0 Å². The minimum atomic E-state index is -0.900. The Bertz CT molecular complexity index is 925. The van der Waals surface area contributed by atoms with E-state index in [4.69, 9.17) is 13.9 Å².